The molecule has 2 fully saturated rings. The topological polar surface area (TPSA) is 192 Å². The quantitative estimate of drug-likeness (QED) is 0.221. The van der Waals surface area contributed by atoms with Crippen LogP contribution in [-0.4, -0.2) is 115 Å². The summed E-state index contributed by atoms with van der Waals surface area (Å²) in [5, 5.41) is 80.2. The van der Waals surface area contributed by atoms with Crippen LogP contribution in [0.25, 0.3) is 0 Å². The predicted octanol–water partition coefficient (Wildman–Crippen LogP) is -5.82. The Hall–Kier alpha value is -0.440. The lowest BCUT2D eigenvalue weighted by Gasteiger charge is -2.49. The van der Waals surface area contributed by atoms with Gasteiger partial charge >= 0.3 is 0 Å². The molecule has 0 aromatic rings. The molecule has 2 rings (SSSR count). The molecule has 136 valence electrons. The molecule has 11 heteroatoms. The molecule has 0 radical (unpaired) electrons. The molecule has 11 nitrogen and oxygen atoms in total. The van der Waals surface area contributed by atoms with Gasteiger partial charge in [-0.3, -0.25) is 5.32 Å². The molecule has 0 aromatic heterocycles. The third-order valence-corrected chi connectivity index (χ3v) is 4.21. The first-order chi connectivity index (χ1) is 10.8. The van der Waals surface area contributed by atoms with Gasteiger partial charge in [-0.05, 0) is 0 Å². The van der Waals surface area contributed by atoms with E-state index in [2.05, 4.69) is 5.32 Å². The lowest BCUT2D eigenvalue weighted by atomic mass is 9.91. The zero-order valence-electron chi connectivity index (χ0n) is 12.1. The van der Waals surface area contributed by atoms with Gasteiger partial charge in [-0.25, -0.2) is 0 Å². The van der Waals surface area contributed by atoms with Crippen LogP contribution in [0.4, 0.5) is 0 Å². The molecule has 0 amide bonds. The summed E-state index contributed by atoms with van der Waals surface area (Å²) in [7, 11) is 0. The van der Waals surface area contributed by atoms with Crippen molar-refractivity contribution in [3.63, 3.8) is 0 Å². The Morgan fingerprint density at radius 1 is 0.957 bits per heavy atom. The van der Waals surface area contributed by atoms with Gasteiger partial charge in [0.1, 0.15) is 49.0 Å². The summed E-state index contributed by atoms with van der Waals surface area (Å²) in [6, 6.07) is 0. The predicted molar refractivity (Wildman–Crippen MR) is 70.7 cm³/mol. The second-order valence-electron chi connectivity index (χ2n) is 5.74. The van der Waals surface area contributed by atoms with E-state index in [9.17, 15) is 35.7 Å². The molecule has 9 N–H and O–H groups in total. The van der Waals surface area contributed by atoms with Crippen LogP contribution >= 0.6 is 0 Å². The summed E-state index contributed by atoms with van der Waals surface area (Å²) >= 11 is 0. The van der Waals surface area contributed by atoms with Gasteiger partial charge in [0.2, 0.25) is 0 Å². The van der Waals surface area contributed by atoms with Gasteiger partial charge in [0, 0.05) is 0 Å². The highest BCUT2D eigenvalue weighted by Crippen LogP contribution is 2.28. The minimum atomic E-state index is -2.40. The average Bonchev–Trinajstić information content (AvgIpc) is 2.53. The SMILES string of the molecule is OC[C@H]1O[C@@H](N[C@@]2(O)[C@H](O)[C@@H](O)CO[C@@H]2CO)[C@H](O)[C@@H](O)[C@@H]1O. The summed E-state index contributed by atoms with van der Waals surface area (Å²) in [6.07, 6.45) is -12.4. The van der Waals surface area contributed by atoms with Crippen molar-refractivity contribution in [1.82, 2.24) is 5.32 Å². The zero-order valence-corrected chi connectivity index (χ0v) is 12.1. The van der Waals surface area contributed by atoms with Crippen LogP contribution in [0.5, 0.6) is 0 Å². The molecule has 0 saturated carbocycles. The van der Waals surface area contributed by atoms with Gasteiger partial charge in [-0.2, -0.15) is 0 Å². The molecule has 0 aromatic carbocycles. The third kappa shape index (κ3) is 3.36. The second kappa shape index (κ2) is 7.21. The Morgan fingerprint density at radius 3 is 2.17 bits per heavy atom. The van der Waals surface area contributed by atoms with Gasteiger partial charge in [-0.1, -0.05) is 0 Å². The van der Waals surface area contributed by atoms with Crippen molar-refractivity contribution in [2.75, 3.05) is 19.8 Å². The molecule has 2 aliphatic rings. The van der Waals surface area contributed by atoms with Crippen molar-refractivity contribution in [3.8, 4) is 0 Å². The van der Waals surface area contributed by atoms with E-state index in [0.29, 0.717) is 0 Å². The second-order valence-corrected chi connectivity index (χ2v) is 5.74. The number of hydrogen-bond donors (Lipinski definition) is 9. The molecule has 2 aliphatic heterocycles. The first-order valence-electron chi connectivity index (χ1n) is 7.15. The Morgan fingerprint density at radius 2 is 1.61 bits per heavy atom. The van der Waals surface area contributed by atoms with Crippen LogP contribution in [-0.2, 0) is 9.47 Å². The molecule has 0 bridgehead atoms. The van der Waals surface area contributed by atoms with Crippen molar-refractivity contribution in [2.24, 2.45) is 0 Å². The zero-order chi connectivity index (χ0) is 17.4. The summed E-state index contributed by atoms with van der Waals surface area (Å²) in [4.78, 5) is 0. The van der Waals surface area contributed by atoms with Gasteiger partial charge < -0.3 is 50.3 Å². The number of nitrogens with one attached hydrogen (secondary N) is 1. The van der Waals surface area contributed by atoms with Gasteiger partial charge in [-0.15, -0.1) is 0 Å². The number of ether oxygens (including phenoxy) is 2. The Bertz CT molecular complexity index is 394. The van der Waals surface area contributed by atoms with Crippen LogP contribution < -0.4 is 5.32 Å². The van der Waals surface area contributed by atoms with E-state index >= 15 is 0 Å². The van der Waals surface area contributed by atoms with Crippen molar-refractivity contribution in [3.05, 3.63) is 0 Å². The van der Waals surface area contributed by atoms with Crippen LogP contribution in [0.2, 0.25) is 0 Å². The van der Waals surface area contributed by atoms with Gasteiger partial charge in [0.25, 0.3) is 0 Å². The highest BCUT2D eigenvalue weighted by molar-refractivity contribution is 5.02. The summed E-state index contributed by atoms with van der Waals surface area (Å²) < 4.78 is 10.2. The van der Waals surface area contributed by atoms with Crippen LogP contribution in [0, 0.1) is 0 Å². The van der Waals surface area contributed by atoms with E-state index in [1.165, 1.54) is 0 Å². The van der Waals surface area contributed by atoms with Crippen molar-refractivity contribution in [2.45, 2.75) is 54.7 Å². The first-order valence-corrected chi connectivity index (χ1v) is 7.15. The van der Waals surface area contributed by atoms with Gasteiger partial charge in [0.15, 0.2) is 5.72 Å². The summed E-state index contributed by atoms with van der Waals surface area (Å²) in [5.41, 5.74) is -2.40. The molecule has 0 spiro atoms. The van der Waals surface area contributed by atoms with E-state index in [4.69, 9.17) is 14.6 Å². The van der Waals surface area contributed by atoms with E-state index in [-0.39, 0.29) is 6.61 Å². The minimum absolute atomic E-state index is 0.328. The van der Waals surface area contributed by atoms with Crippen LogP contribution in [0.3, 0.4) is 0 Å². The molecule has 23 heavy (non-hydrogen) atoms. The standard InChI is InChI=1S/C12H23NO10/c14-1-5-7(17)8(18)9(19)11(23-5)13-12(21)6(2-15)22-3-4(16)10(12)20/h4-11,13-21H,1-3H2/t4-,5+,6+,7+,8-,9+,10+,11+,12-/m0/s1. The van der Waals surface area contributed by atoms with Crippen molar-refractivity contribution >= 4 is 0 Å². The largest absolute Gasteiger partial charge is 0.394 e. The summed E-state index contributed by atoms with van der Waals surface area (Å²) in [6.45, 7) is -1.72. The number of aliphatic hydroxyl groups excluding tert-OH is 7. The monoisotopic (exact) mass is 341 g/mol. The lowest BCUT2D eigenvalue weighted by molar-refractivity contribution is -0.298. The Labute approximate surface area is 131 Å². The molecule has 2 saturated heterocycles. The molecular formula is C12H23NO10. The Balaban J connectivity index is 2.20. The highest BCUT2D eigenvalue weighted by Gasteiger charge is 2.54. The number of rotatable bonds is 4. The van der Waals surface area contributed by atoms with E-state index in [0.717, 1.165) is 0 Å². The van der Waals surface area contributed by atoms with Crippen molar-refractivity contribution in [1.29, 1.82) is 0 Å². The molecule has 9 atom stereocenters. The van der Waals surface area contributed by atoms with E-state index in [1.807, 2.05) is 0 Å². The lowest BCUT2D eigenvalue weighted by Crippen LogP contribution is -2.75. The fourth-order valence-corrected chi connectivity index (χ4v) is 2.74. The minimum Gasteiger partial charge on any atom is -0.394 e. The first kappa shape index (κ1) is 18.9. The molecule has 0 aliphatic carbocycles. The molecule has 2 heterocycles. The third-order valence-electron chi connectivity index (χ3n) is 4.21. The maximum atomic E-state index is 10.5. The number of aliphatic hydroxyl groups is 8. The highest BCUT2D eigenvalue weighted by atomic mass is 16.6. The fraction of sp³-hybridized carbons (Fsp3) is 1.00. The van der Waals surface area contributed by atoms with Crippen LogP contribution in [0.1, 0.15) is 0 Å². The smallest absolute Gasteiger partial charge is 0.175 e. The van der Waals surface area contributed by atoms with E-state index in [1.54, 1.807) is 0 Å². The fourth-order valence-electron chi connectivity index (χ4n) is 2.74. The van der Waals surface area contributed by atoms with E-state index < -0.39 is 67.9 Å². The Kier molecular flexibility index (Phi) is 5.92. The van der Waals surface area contributed by atoms with Crippen LogP contribution in [0.15, 0.2) is 0 Å². The maximum absolute atomic E-state index is 10.5. The molecule has 0 unspecified atom stereocenters. The van der Waals surface area contributed by atoms with Gasteiger partial charge in [0.05, 0.1) is 19.8 Å². The average molecular weight is 341 g/mol. The number of hydrogen-bond acceptors (Lipinski definition) is 11. The maximum Gasteiger partial charge on any atom is 0.175 e. The normalized spacial score (nSPS) is 51.7. The summed E-state index contributed by atoms with van der Waals surface area (Å²) in [5.74, 6) is 0. The molecular weight excluding hydrogens is 318 g/mol. The van der Waals surface area contributed by atoms with Crippen molar-refractivity contribution < 1.29 is 50.3 Å².